The maximum absolute atomic E-state index is 4.15. The Morgan fingerprint density at radius 1 is 1.33 bits per heavy atom. The Labute approximate surface area is 74.0 Å². The molecule has 0 amide bonds. The van der Waals surface area contributed by atoms with Crippen LogP contribution in [0.15, 0.2) is 12.3 Å². The lowest BCUT2D eigenvalue weighted by atomic mass is 10.2. The maximum Gasteiger partial charge on any atom is 0.128 e. The molecule has 0 saturated heterocycles. The van der Waals surface area contributed by atoms with Gasteiger partial charge in [-0.25, -0.2) is 4.98 Å². The second kappa shape index (κ2) is 5.20. The standard InChI is InChI=1S/C8H12N2.C2H2/c1-6-4-5-10-8(9-3)7(6)2;1-2/h4-5H,1-3H3,(H,9,10);1-2H. The highest BCUT2D eigenvalue weighted by atomic mass is 15.0. The molecule has 1 aromatic rings. The van der Waals surface area contributed by atoms with E-state index in [1.165, 1.54) is 11.1 Å². The summed E-state index contributed by atoms with van der Waals surface area (Å²) >= 11 is 0. The van der Waals surface area contributed by atoms with Gasteiger partial charge in [-0.2, -0.15) is 0 Å². The van der Waals surface area contributed by atoms with Crippen molar-refractivity contribution in [2.45, 2.75) is 13.8 Å². The van der Waals surface area contributed by atoms with Crippen molar-refractivity contribution in [3.8, 4) is 12.8 Å². The van der Waals surface area contributed by atoms with Crippen LogP contribution in [0.1, 0.15) is 11.1 Å². The van der Waals surface area contributed by atoms with Crippen molar-refractivity contribution < 1.29 is 0 Å². The van der Waals surface area contributed by atoms with E-state index in [1.807, 2.05) is 19.3 Å². The Hall–Kier alpha value is -1.49. The highest BCUT2D eigenvalue weighted by molar-refractivity contribution is 5.46. The minimum atomic E-state index is 0.972. The number of nitrogens with one attached hydrogen (secondary N) is 1. The third-order valence-corrected chi connectivity index (χ3v) is 1.71. The molecule has 0 atom stereocenters. The predicted octanol–water partition coefficient (Wildman–Crippen LogP) is 1.99. The topological polar surface area (TPSA) is 24.9 Å². The van der Waals surface area contributed by atoms with E-state index in [9.17, 15) is 0 Å². The van der Waals surface area contributed by atoms with Gasteiger partial charge < -0.3 is 5.32 Å². The zero-order chi connectivity index (χ0) is 9.56. The van der Waals surface area contributed by atoms with Gasteiger partial charge in [0.25, 0.3) is 0 Å². The molecule has 0 aliphatic carbocycles. The van der Waals surface area contributed by atoms with E-state index in [0.29, 0.717) is 0 Å². The van der Waals surface area contributed by atoms with Gasteiger partial charge >= 0.3 is 0 Å². The highest BCUT2D eigenvalue weighted by Gasteiger charge is 1.97. The summed E-state index contributed by atoms with van der Waals surface area (Å²) in [5.41, 5.74) is 2.50. The summed E-state index contributed by atoms with van der Waals surface area (Å²) in [5, 5.41) is 3.02. The third kappa shape index (κ3) is 2.28. The van der Waals surface area contributed by atoms with Gasteiger partial charge in [-0.15, -0.1) is 12.8 Å². The molecular weight excluding hydrogens is 148 g/mol. The highest BCUT2D eigenvalue weighted by Crippen LogP contribution is 2.12. The molecule has 0 aliphatic heterocycles. The Kier molecular flexibility index (Phi) is 4.55. The van der Waals surface area contributed by atoms with Crippen molar-refractivity contribution in [3.05, 3.63) is 23.4 Å². The van der Waals surface area contributed by atoms with Gasteiger partial charge in [0.1, 0.15) is 5.82 Å². The van der Waals surface area contributed by atoms with Crippen LogP contribution in [-0.4, -0.2) is 12.0 Å². The minimum Gasteiger partial charge on any atom is -0.373 e. The van der Waals surface area contributed by atoms with Crippen LogP contribution in [0.2, 0.25) is 0 Å². The maximum atomic E-state index is 4.15. The Morgan fingerprint density at radius 3 is 2.33 bits per heavy atom. The molecule has 64 valence electrons. The quantitative estimate of drug-likeness (QED) is 0.639. The van der Waals surface area contributed by atoms with Crippen LogP contribution < -0.4 is 5.32 Å². The van der Waals surface area contributed by atoms with Crippen molar-refractivity contribution >= 4 is 5.82 Å². The van der Waals surface area contributed by atoms with Gasteiger partial charge in [-0.1, -0.05) is 0 Å². The molecule has 12 heavy (non-hydrogen) atoms. The van der Waals surface area contributed by atoms with Crippen LogP contribution in [0.3, 0.4) is 0 Å². The molecule has 1 N–H and O–H groups in total. The lowest BCUT2D eigenvalue weighted by Gasteiger charge is -2.04. The number of pyridine rings is 1. The van der Waals surface area contributed by atoms with Gasteiger partial charge in [0.15, 0.2) is 0 Å². The Morgan fingerprint density at radius 2 is 1.92 bits per heavy atom. The molecule has 2 heteroatoms. The van der Waals surface area contributed by atoms with Gasteiger partial charge in [0.05, 0.1) is 0 Å². The molecule has 2 nitrogen and oxygen atoms in total. The first-order valence-electron chi connectivity index (χ1n) is 3.69. The first-order valence-corrected chi connectivity index (χ1v) is 3.69. The second-order valence-electron chi connectivity index (χ2n) is 2.35. The average Bonchev–Trinajstić information content (AvgIpc) is 2.13. The van der Waals surface area contributed by atoms with Crippen molar-refractivity contribution in [2.75, 3.05) is 12.4 Å². The fraction of sp³-hybridized carbons (Fsp3) is 0.300. The number of hydrogen-bond acceptors (Lipinski definition) is 2. The first-order chi connectivity index (χ1) is 5.75. The predicted molar refractivity (Wildman–Crippen MR) is 53.1 cm³/mol. The zero-order valence-corrected chi connectivity index (χ0v) is 7.76. The smallest absolute Gasteiger partial charge is 0.128 e. The van der Waals surface area contributed by atoms with E-state index < -0.39 is 0 Å². The van der Waals surface area contributed by atoms with Crippen molar-refractivity contribution in [2.24, 2.45) is 0 Å². The number of anilines is 1. The number of rotatable bonds is 1. The summed E-state index contributed by atoms with van der Waals surface area (Å²) in [6.07, 6.45) is 9.81. The minimum absolute atomic E-state index is 0.972. The lowest BCUT2D eigenvalue weighted by molar-refractivity contribution is 1.20. The van der Waals surface area contributed by atoms with E-state index in [-0.39, 0.29) is 0 Å². The van der Waals surface area contributed by atoms with Crippen molar-refractivity contribution in [3.63, 3.8) is 0 Å². The van der Waals surface area contributed by atoms with Crippen molar-refractivity contribution in [1.82, 2.24) is 4.98 Å². The van der Waals surface area contributed by atoms with Crippen LogP contribution in [0, 0.1) is 26.7 Å². The molecule has 0 unspecified atom stereocenters. The van der Waals surface area contributed by atoms with Gasteiger partial charge in [0.2, 0.25) is 0 Å². The number of aromatic nitrogens is 1. The molecule has 1 heterocycles. The van der Waals surface area contributed by atoms with E-state index in [2.05, 4.69) is 37.0 Å². The summed E-state index contributed by atoms with van der Waals surface area (Å²) in [6.45, 7) is 4.14. The monoisotopic (exact) mass is 162 g/mol. The fourth-order valence-electron chi connectivity index (χ4n) is 0.884. The number of aryl methyl sites for hydroxylation is 1. The zero-order valence-electron chi connectivity index (χ0n) is 7.76. The number of hydrogen-bond donors (Lipinski definition) is 1. The molecular formula is C10H14N2. The van der Waals surface area contributed by atoms with Crippen LogP contribution in [0.25, 0.3) is 0 Å². The summed E-state index contributed by atoms with van der Waals surface area (Å²) in [6, 6.07) is 2.01. The summed E-state index contributed by atoms with van der Waals surface area (Å²) in [5.74, 6) is 0.972. The van der Waals surface area contributed by atoms with Gasteiger partial charge in [0, 0.05) is 13.2 Å². The normalized spacial score (nSPS) is 8.08. The molecule has 0 saturated carbocycles. The fourth-order valence-corrected chi connectivity index (χ4v) is 0.884. The van der Waals surface area contributed by atoms with Gasteiger partial charge in [-0.05, 0) is 31.0 Å². The summed E-state index contributed by atoms with van der Waals surface area (Å²) in [7, 11) is 1.88. The lowest BCUT2D eigenvalue weighted by Crippen LogP contribution is -1.96. The molecule has 1 aromatic heterocycles. The molecule has 0 aromatic carbocycles. The summed E-state index contributed by atoms with van der Waals surface area (Å²) in [4.78, 5) is 4.15. The third-order valence-electron chi connectivity index (χ3n) is 1.71. The average molecular weight is 162 g/mol. The number of nitrogens with zero attached hydrogens (tertiary/aromatic N) is 1. The van der Waals surface area contributed by atoms with E-state index in [0.717, 1.165) is 5.82 Å². The molecule has 1 rings (SSSR count). The molecule has 0 fully saturated rings. The molecule has 0 radical (unpaired) electrons. The van der Waals surface area contributed by atoms with E-state index >= 15 is 0 Å². The second-order valence-corrected chi connectivity index (χ2v) is 2.35. The largest absolute Gasteiger partial charge is 0.373 e. The molecule has 0 aliphatic rings. The Balaban J connectivity index is 0.000000561. The van der Waals surface area contributed by atoms with E-state index in [1.54, 1.807) is 0 Å². The SMILES string of the molecule is C#C.CNc1nccc(C)c1C. The Bertz CT molecular complexity index is 264. The van der Waals surface area contributed by atoms with Crippen LogP contribution in [-0.2, 0) is 0 Å². The summed E-state index contributed by atoms with van der Waals surface area (Å²) < 4.78 is 0. The van der Waals surface area contributed by atoms with Crippen LogP contribution in [0.4, 0.5) is 5.82 Å². The van der Waals surface area contributed by atoms with Crippen LogP contribution in [0.5, 0.6) is 0 Å². The van der Waals surface area contributed by atoms with E-state index in [4.69, 9.17) is 0 Å². The first kappa shape index (κ1) is 10.5. The molecule has 0 spiro atoms. The molecule has 0 bridgehead atoms. The van der Waals surface area contributed by atoms with Crippen LogP contribution >= 0.6 is 0 Å². The van der Waals surface area contributed by atoms with Gasteiger partial charge in [-0.3, -0.25) is 0 Å². The number of terminal acetylenes is 1. The van der Waals surface area contributed by atoms with Crippen molar-refractivity contribution in [1.29, 1.82) is 0 Å².